The van der Waals surface area contributed by atoms with E-state index >= 15 is 0 Å². The van der Waals surface area contributed by atoms with Crippen LogP contribution in [-0.2, 0) is 0 Å². The summed E-state index contributed by atoms with van der Waals surface area (Å²) in [7, 11) is 0. The van der Waals surface area contributed by atoms with E-state index in [-0.39, 0.29) is 0 Å². The lowest BCUT2D eigenvalue weighted by atomic mass is 10.3. The largest absolute Gasteiger partial charge is 0.278 e. The van der Waals surface area contributed by atoms with Crippen LogP contribution in [0.15, 0.2) is 18.2 Å². The average molecular weight is 148 g/mol. The minimum Gasteiger partial charge on any atom is -0.278 e. The first-order chi connectivity index (χ1) is 5.36. The molecule has 1 rings (SSSR count). The lowest BCUT2D eigenvalue weighted by Crippen LogP contribution is -1.70. The molecule has 0 aromatic carbocycles. The molecule has 2 heteroatoms. The zero-order valence-corrected chi connectivity index (χ0v) is 6.83. The van der Waals surface area contributed by atoms with Crippen LogP contribution in [0.3, 0.4) is 0 Å². The molecule has 2 nitrogen and oxygen atoms in total. The normalized spacial score (nSPS) is 11.8. The van der Waals surface area contributed by atoms with E-state index in [0.29, 0.717) is 0 Å². The molecule has 11 heavy (non-hydrogen) atoms. The smallest absolute Gasteiger partial charge is 0.0851 e. The minimum absolute atomic E-state index is 0.973. The molecular weight excluding hydrogens is 136 g/mol. The molecule has 1 heterocycles. The summed E-state index contributed by atoms with van der Waals surface area (Å²) in [5.74, 6) is 0. The fourth-order valence-electron chi connectivity index (χ4n) is 0.874. The fraction of sp³-hybridized carbons (Fsp3) is 0.222. The van der Waals surface area contributed by atoms with Gasteiger partial charge in [0, 0.05) is 0 Å². The molecule has 0 amide bonds. The third kappa shape index (κ3) is 2.08. The minimum atomic E-state index is 0.973. The highest BCUT2D eigenvalue weighted by molar-refractivity contribution is 5.51. The van der Waals surface area contributed by atoms with Crippen molar-refractivity contribution in [3.05, 3.63) is 29.6 Å². The van der Waals surface area contributed by atoms with Crippen molar-refractivity contribution in [1.82, 2.24) is 10.2 Å². The van der Waals surface area contributed by atoms with Crippen LogP contribution >= 0.6 is 0 Å². The van der Waals surface area contributed by atoms with Crippen LogP contribution in [0.5, 0.6) is 0 Å². The fourth-order valence-corrected chi connectivity index (χ4v) is 0.874. The molecular formula is C9H12N2. The highest BCUT2D eigenvalue weighted by atomic mass is 15.1. The van der Waals surface area contributed by atoms with Gasteiger partial charge in [-0.05, 0) is 32.1 Å². The van der Waals surface area contributed by atoms with Crippen molar-refractivity contribution >= 4 is 12.2 Å². The van der Waals surface area contributed by atoms with Crippen LogP contribution in [0, 0.1) is 0 Å². The molecule has 1 N–H and O–H groups in total. The number of nitrogens with one attached hydrogen (secondary N) is 1. The van der Waals surface area contributed by atoms with E-state index in [1.807, 2.05) is 44.2 Å². The van der Waals surface area contributed by atoms with Gasteiger partial charge in [0.05, 0.1) is 11.4 Å². The Morgan fingerprint density at radius 2 is 2.00 bits per heavy atom. The maximum absolute atomic E-state index is 4.06. The van der Waals surface area contributed by atoms with Gasteiger partial charge in [0.1, 0.15) is 0 Å². The monoisotopic (exact) mass is 148 g/mol. The van der Waals surface area contributed by atoms with E-state index in [1.54, 1.807) is 0 Å². The van der Waals surface area contributed by atoms with Crippen LogP contribution in [0.1, 0.15) is 25.2 Å². The van der Waals surface area contributed by atoms with Crippen LogP contribution < -0.4 is 0 Å². The zero-order chi connectivity index (χ0) is 8.10. The first-order valence-electron chi connectivity index (χ1n) is 3.67. The molecule has 0 aliphatic rings. The number of aromatic amines is 1. The van der Waals surface area contributed by atoms with Gasteiger partial charge >= 0.3 is 0 Å². The molecule has 0 saturated carbocycles. The van der Waals surface area contributed by atoms with Crippen molar-refractivity contribution in [3.8, 4) is 0 Å². The van der Waals surface area contributed by atoms with Gasteiger partial charge in [-0.1, -0.05) is 12.2 Å². The molecule has 58 valence electrons. The van der Waals surface area contributed by atoms with Gasteiger partial charge in [-0.3, -0.25) is 5.10 Å². The number of hydrogen-bond donors (Lipinski definition) is 1. The van der Waals surface area contributed by atoms with E-state index in [2.05, 4.69) is 10.2 Å². The van der Waals surface area contributed by atoms with Crippen molar-refractivity contribution < 1.29 is 0 Å². The maximum Gasteiger partial charge on any atom is 0.0851 e. The highest BCUT2D eigenvalue weighted by Gasteiger charge is 1.91. The van der Waals surface area contributed by atoms with Gasteiger partial charge in [-0.25, -0.2) is 0 Å². The van der Waals surface area contributed by atoms with Gasteiger partial charge in [-0.15, -0.1) is 0 Å². The molecule has 0 fully saturated rings. The summed E-state index contributed by atoms with van der Waals surface area (Å²) >= 11 is 0. The standard InChI is InChI=1S/C9H12N2/c1-3-5-8-7-9(6-4-2)11-10-8/h3-7H,1-2H3,(H,10,11)/b5-3+,6-4+. The number of allylic oxidation sites excluding steroid dienone is 2. The number of nitrogens with zero attached hydrogens (tertiary/aromatic N) is 1. The molecule has 0 atom stereocenters. The number of aromatic nitrogens is 2. The molecule has 0 radical (unpaired) electrons. The summed E-state index contributed by atoms with van der Waals surface area (Å²) in [4.78, 5) is 0. The third-order valence-electron chi connectivity index (χ3n) is 1.30. The lowest BCUT2D eigenvalue weighted by molar-refractivity contribution is 1.07. The predicted octanol–water partition coefficient (Wildman–Crippen LogP) is 2.48. The lowest BCUT2D eigenvalue weighted by Gasteiger charge is -1.77. The number of H-pyrrole nitrogens is 1. The molecule has 1 aromatic heterocycles. The Kier molecular flexibility index (Phi) is 2.66. The molecule has 0 aliphatic heterocycles. The van der Waals surface area contributed by atoms with E-state index < -0.39 is 0 Å². The SMILES string of the molecule is C/C=C/c1cc(/C=C/C)[nH]n1. The second kappa shape index (κ2) is 3.76. The molecule has 0 unspecified atom stereocenters. The van der Waals surface area contributed by atoms with Gasteiger partial charge in [-0.2, -0.15) is 5.10 Å². The molecule has 1 aromatic rings. The molecule has 0 saturated heterocycles. The van der Waals surface area contributed by atoms with Crippen molar-refractivity contribution in [1.29, 1.82) is 0 Å². The highest BCUT2D eigenvalue weighted by Crippen LogP contribution is 2.02. The Bertz CT molecular complexity index is 242. The van der Waals surface area contributed by atoms with Crippen LogP contribution in [0.25, 0.3) is 12.2 Å². The van der Waals surface area contributed by atoms with Gasteiger partial charge in [0.2, 0.25) is 0 Å². The molecule has 0 spiro atoms. The molecule has 0 aliphatic carbocycles. The third-order valence-corrected chi connectivity index (χ3v) is 1.30. The summed E-state index contributed by atoms with van der Waals surface area (Å²) in [5, 5.41) is 6.96. The van der Waals surface area contributed by atoms with E-state index in [0.717, 1.165) is 11.4 Å². The number of rotatable bonds is 2. The quantitative estimate of drug-likeness (QED) is 0.685. The summed E-state index contributed by atoms with van der Waals surface area (Å²) in [6.07, 6.45) is 7.89. The first kappa shape index (κ1) is 7.79. The van der Waals surface area contributed by atoms with Crippen LogP contribution in [0.4, 0.5) is 0 Å². The van der Waals surface area contributed by atoms with Gasteiger partial charge in [0.15, 0.2) is 0 Å². The summed E-state index contributed by atoms with van der Waals surface area (Å²) in [5.41, 5.74) is 2.02. The Labute approximate surface area is 66.6 Å². The maximum atomic E-state index is 4.06. The van der Waals surface area contributed by atoms with Crippen LogP contribution in [-0.4, -0.2) is 10.2 Å². The topological polar surface area (TPSA) is 28.7 Å². The summed E-state index contributed by atoms with van der Waals surface area (Å²) in [6.45, 7) is 3.96. The van der Waals surface area contributed by atoms with Gasteiger partial charge in [0.25, 0.3) is 0 Å². The second-order valence-corrected chi connectivity index (χ2v) is 2.25. The Morgan fingerprint density at radius 1 is 1.27 bits per heavy atom. The Balaban J connectivity index is 2.81. The first-order valence-corrected chi connectivity index (χ1v) is 3.67. The second-order valence-electron chi connectivity index (χ2n) is 2.25. The van der Waals surface area contributed by atoms with Crippen LogP contribution in [0.2, 0.25) is 0 Å². The molecule has 0 bridgehead atoms. The Hall–Kier alpha value is -1.31. The predicted molar refractivity (Wildman–Crippen MR) is 48.0 cm³/mol. The van der Waals surface area contributed by atoms with E-state index in [1.165, 1.54) is 0 Å². The number of hydrogen-bond acceptors (Lipinski definition) is 1. The van der Waals surface area contributed by atoms with Crippen molar-refractivity contribution in [3.63, 3.8) is 0 Å². The van der Waals surface area contributed by atoms with E-state index in [4.69, 9.17) is 0 Å². The van der Waals surface area contributed by atoms with Crippen molar-refractivity contribution in [2.24, 2.45) is 0 Å². The van der Waals surface area contributed by atoms with Crippen molar-refractivity contribution in [2.45, 2.75) is 13.8 Å². The van der Waals surface area contributed by atoms with Gasteiger partial charge < -0.3 is 0 Å². The average Bonchev–Trinajstić information content (AvgIpc) is 2.38. The Morgan fingerprint density at radius 3 is 2.64 bits per heavy atom. The van der Waals surface area contributed by atoms with E-state index in [9.17, 15) is 0 Å². The zero-order valence-electron chi connectivity index (χ0n) is 6.83. The van der Waals surface area contributed by atoms with Crippen molar-refractivity contribution in [2.75, 3.05) is 0 Å². The summed E-state index contributed by atoms with van der Waals surface area (Å²) < 4.78 is 0. The summed E-state index contributed by atoms with van der Waals surface area (Å²) in [6, 6.07) is 2.00.